The van der Waals surface area contributed by atoms with E-state index in [0.717, 1.165) is 38.8 Å². The van der Waals surface area contributed by atoms with Crippen molar-refractivity contribution in [2.24, 2.45) is 11.8 Å². The molecule has 0 amide bonds. The Hall–Kier alpha value is -1.44. The third-order valence-electron chi connectivity index (χ3n) is 6.87. The van der Waals surface area contributed by atoms with Crippen LogP contribution < -0.4 is 0 Å². The molecule has 4 rings (SSSR count). The van der Waals surface area contributed by atoms with E-state index in [-0.39, 0.29) is 12.5 Å². The molecule has 154 valence electrons. The molecule has 0 unspecified atom stereocenters. The van der Waals surface area contributed by atoms with Gasteiger partial charge in [0, 0.05) is 25.0 Å². The summed E-state index contributed by atoms with van der Waals surface area (Å²) in [5.74, 6) is -0.123. The molecule has 28 heavy (non-hydrogen) atoms. The van der Waals surface area contributed by atoms with Gasteiger partial charge in [0.25, 0.3) is 0 Å². The second-order valence-electron chi connectivity index (χ2n) is 8.48. The molecule has 4 atom stereocenters. The Morgan fingerprint density at radius 1 is 1.11 bits per heavy atom. The number of carboxylic acids is 1. The van der Waals surface area contributed by atoms with Crippen LogP contribution in [0, 0.1) is 11.8 Å². The molecule has 1 N–H and O–H groups in total. The van der Waals surface area contributed by atoms with Crippen LogP contribution >= 0.6 is 0 Å². The van der Waals surface area contributed by atoms with Crippen molar-refractivity contribution in [3.8, 4) is 0 Å². The van der Waals surface area contributed by atoms with Crippen LogP contribution in [-0.2, 0) is 14.8 Å². The summed E-state index contributed by atoms with van der Waals surface area (Å²) in [6.07, 6.45) is 5.60. The maximum atomic E-state index is 13.5. The van der Waals surface area contributed by atoms with Crippen molar-refractivity contribution in [2.45, 2.75) is 61.9 Å². The molecule has 6 nitrogen and oxygen atoms in total. The zero-order valence-electron chi connectivity index (χ0n) is 16.2. The fourth-order valence-electron chi connectivity index (χ4n) is 5.78. The van der Waals surface area contributed by atoms with Crippen LogP contribution in [0.1, 0.15) is 44.9 Å². The molecule has 0 aromatic heterocycles. The van der Waals surface area contributed by atoms with Gasteiger partial charge < -0.3 is 5.11 Å². The summed E-state index contributed by atoms with van der Waals surface area (Å²) in [7, 11) is -3.58. The minimum absolute atomic E-state index is 0.0975. The largest absolute Gasteiger partial charge is 0.481 e. The van der Waals surface area contributed by atoms with Crippen molar-refractivity contribution in [1.82, 2.24) is 9.21 Å². The number of hydrogen-bond acceptors (Lipinski definition) is 4. The lowest BCUT2D eigenvalue weighted by molar-refractivity contribution is -0.137. The van der Waals surface area contributed by atoms with Gasteiger partial charge >= 0.3 is 5.97 Å². The lowest BCUT2D eigenvalue weighted by atomic mass is 9.70. The van der Waals surface area contributed by atoms with Crippen LogP contribution in [0.2, 0.25) is 0 Å². The van der Waals surface area contributed by atoms with Crippen LogP contribution in [0.25, 0.3) is 0 Å². The van der Waals surface area contributed by atoms with Crippen LogP contribution in [0.4, 0.5) is 0 Å². The molecule has 7 heteroatoms. The van der Waals surface area contributed by atoms with Gasteiger partial charge in [-0.25, -0.2) is 8.42 Å². The highest BCUT2D eigenvalue weighted by Gasteiger charge is 2.51. The number of hydrogen-bond donors (Lipinski definition) is 1. The number of rotatable bonds is 6. The first-order chi connectivity index (χ1) is 13.5. The van der Waals surface area contributed by atoms with E-state index in [0.29, 0.717) is 42.2 Å². The van der Waals surface area contributed by atoms with Gasteiger partial charge in [-0.2, -0.15) is 4.31 Å². The molecular formula is C21H30N2O4S. The zero-order chi connectivity index (χ0) is 19.7. The third-order valence-corrected chi connectivity index (χ3v) is 8.77. The smallest absolute Gasteiger partial charge is 0.303 e. The first-order valence-electron chi connectivity index (χ1n) is 10.5. The quantitative estimate of drug-likeness (QED) is 0.786. The molecule has 1 aromatic carbocycles. The first-order valence-corrected chi connectivity index (χ1v) is 12.0. The predicted molar refractivity (Wildman–Crippen MR) is 106 cm³/mol. The summed E-state index contributed by atoms with van der Waals surface area (Å²) >= 11 is 0. The van der Waals surface area contributed by atoms with Gasteiger partial charge in [-0.15, -0.1) is 0 Å². The van der Waals surface area contributed by atoms with Gasteiger partial charge in [0.2, 0.25) is 10.0 Å². The SMILES string of the molecule is O=C(O)CCC[C@H]1[C@H]2CCCN3CCC[C@@H](CN1S(=O)(=O)c1ccccc1)[C@@H]23. The van der Waals surface area contributed by atoms with E-state index < -0.39 is 16.0 Å². The molecule has 3 fully saturated rings. The van der Waals surface area contributed by atoms with Crippen molar-refractivity contribution >= 4 is 16.0 Å². The van der Waals surface area contributed by atoms with Gasteiger partial charge in [-0.3, -0.25) is 9.69 Å². The van der Waals surface area contributed by atoms with Gasteiger partial charge in [0.1, 0.15) is 0 Å². The molecule has 0 saturated carbocycles. The number of piperidine rings is 3. The van der Waals surface area contributed by atoms with E-state index in [1.165, 1.54) is 0 Å². The Kier molecular flexibility index (Phi) is 5.76. The molecule has 3 aliphatic heterocycles. The van der Waals surface area contributed by atoms with Crippen LogP contribution in [0.3, 0.4) is 0 Å². The zero-order valence-corrected chi connectivity index (χ0v) is 17.1. The molecule has 3 saturated heterocycles. The highest BCUT2D eigenvalue weighted by molar-refractivity contribution is 7.89. The Morgan fingerprint density at radius 2 is 1.82 bits per heavy atom. The maximum absolute atomic E-state index is 13.5. The van der Waals surface area contributed by atoms with Crippen molar-refractivity contribution in [3.05, 3.63) is 30.3 Å². The summed E-state index contributed by atoms with van der Waals surface area (Å²) in [5.41, 5.74) is 0. The summed E-state index contributed by atoms with van der Waals surface area (Å²) in [6, 6.07) is 9.05. The number of benzene rings is 1. The lowest BCUT2D eigenvalue weighted by Gasteiger charge is -2.57. The van der Waals surface area contributed by atoms with Gasteiger partial charge in [-0.1, -0.05) is 18.2 Å². The van der Waals surface area contributed by atoms with Crippen molar-refractivity contribution < 1.29 is 18.3 Å². The minimum Gasteiger partial charge on any atom is -0.481 e. The summed E-state index contributed by atoms with van der Waals surface area (Å²) in [4.78, 5) is 14.0. The predicted octanol–water partition coefficient (Wildman–Crippen LogP) is 2.81. The molecule has 3 heterocycles. The molecule has 0 bridgehead atoms. The lowest BCUT2D eigenvalue weighted by Crippen LogP contribution is -2.65. The Labute approximate surface area is 167 Å². The third kappa shape index (κ3) is 3.72. The standard InChI is InChI=1S/C21H30N2O4S/c24-20(25)12-4-11-19-18-10-6-14-22-13-5-7-16(21(18)22)15-23(19)28(26,27)17-8-2-1-3-9-17/h1-3,8-9,16,18-19,21H,4-7,10-15H2,(H,24,25)/t16-,18+,19-,21-/m0/s1. The average molecular weight is 407 g/mol. The summed E-state index contributed by atoms with van der Waals surface area (Å²) in [5, 5.41) is 9.07. The van der Waals surface area contributed by atoms with Gasteiger partial charge in [0.05, 0.1) is 4.90 Å². The molecule has 0 radical (unpaired) electrons. The number of sulfonamides is 1. The van der Waals surface area contributed by atoms with Crippen LogP contribution in [-0.4, -0.2) is 60.4 Å². The summed E-state index contributed by atoms with van der Waals surface area (Å²) in [6.45, 7) is 2.79. The van der Waals surface area contributed by atoms with Crippen molar-refractivity contribution in [1.29, 1.82) is 0 Å². The summed E-state index contributed by atoms with van der Waals surface area (Å²) < 4.78 is 28.8. The Balaban J connectivity index is 1.67. The molecule has 3 aliphatic rings. The van der Waals surface area contributed by atoms with Gasteiger partial charge in [-0.05, 0) is 75.6 Å². The second kappa shape index (κ2) is 8.13. The van der Waals surface area contributed by atoms with Crippen molar-refractivity contribution in [2.75, 3.05) is 19.6 Å². The van der Waals surface area contributed by atoms with Crippen LogP contribution in [0.15, 0.2) is 35.2 Å². The normalized spacial score (nSPS) is 31.3. The van der Waals surface area contributed by atoms with Crippen LogP contribution in [0.5, 0.6) is 0 Å². The molecule has 1 aromatic rings. The maximum Gasteiger partial charge on any atom is 0.303 e. The fourth-order valence-corrected chi connectivity index (χ4v) is 7.56. The fraction of sp³-hybridized carbons (Fsp3) is 0.667. The molecule has 0 aliphatic carbocycles. The molecular weight excluding hydrogens is 376 g/mol. The monoisotopic (exact) mass is 406 g/mol. The first kappa shape index (κ1) is 19.9. The molecule has 0 spiro atoms. The minimum atomic E-state index is -3.58. The number of nitrogens with zero attached hydrogens (tertiary/aromatic N) is 2. The highest BCUT2D eigenvalue weighted by atomic mass is 32.2. The van der Waals surface area contributed by atoms with Gasteiger partial charge in [0.15, 0.2) is 0 Å². The van der Waals surface area contributed by atoms with E-state index in [9.17, 15) is 13.2 Å². The van der Waals surface area contributed by atoms with E-state index in [2.05, 4.69) is 4.90 Å². The average Bonchev–Trinajstić information content (AvgIpc) is 2.70. The van der Waals surface area contributed by atoms with E-state index >= 15 is 0 Å². The second-order valence-corrected chi connectivity index (χ2v) is 10.4. The van der Waals surface area contributed by atoms with Crippen molar-refractivity contribution in [3.63, 3.8) is 0 Å². The van der Waals surface area contributed by atoms with E-state index in [4.69, 9.17) is 5.11 Å². The Bertz CT molecular complexity index is 796. The number of carboxylic acid groups (broad SMARTS) is 1. The van der Waals surface area contributed by atoms with E-state index in [1.54, 1.807) is 28.6 Å². The Morgan fingerprint density at radius 3 is 2.54 bits per heavy atom. The van der Waals surface area contributed by atoms with E-state index in [1.807, 2.05) is 6.07 Å². The topological polar surface area (TPSA) is 77.9 Å². The highest BCUT2D eigenvalue weighted by Crippen LogP contribution is 2.44. The number of aliphatic carboxylic acids is 1. The number of carbonyl (C=O) groups is 1.